The lowest BCUT2D eigenvalue weighted by molar-refractivity contribution is -0.126. The molecule has 0 spiro atoms. The molecular weight excluding hydrogens is 371 g/mol. The Morgan fingerprint density at radius 2 is 2.14 bits per heavy atom. The number of methoxy groups -OCH3 is 1. The highest BCUT2D eigenvalue weighted by molar-refractivity contribution is 5.81. The fraction of sp³-hybridized carbons (Fsp3) is 0.636. The summed E-state index contributed by atoms with van der Waals surface area (Å²) in [4.78, 5) is 17.0. The third kappa shape index (κ3) is 7.65. The van der Waals surface area contributed by atoms with Crippen LogP contribution in [0.3, 0.4) is 0 Å². The number of nitrogens with one attached hydrogen (secondary N) is 3. The van der Waals surface area contributed by atoms with Gasteiger partial charge in [-0.25, -0.2) is 9.38 Å². The number of carbonyl (C=O) groups excluding carboxylic acids is 1. The van der Waals surface area contributed by atoms with E-state index in [1.807, 2.05) is 20.8 Å². The topological polar surface area (TPSA) is 74.8 Å². The van der Waals surface area contributed by atoms with Crippen LogP contribution in [0.1, 0.15) is 57.6 Å². The van der Waals surface area contributed by atoms with Gasteiger partial charge in [-0.15, -0.1) is 0 Å². The minimum Gasteiger partial charge on any atom is -0.380 e. The van der Waals surface area contributed by atoms with Crippen molar-refractivity contribution in [2.24, 2.45) is 10.9 Å². The molecule has 0 radical (unpaired) electrons. The van der Waals surface area contributed by atoms with Gasteiger partial charge in [0, 0.05) is 37.2 Å². The summed E-state index contributed by atoms with van der Waals surface area (Å²) in [7, 11) is 1.55. The lowest BCUT2D eigenvalue weighted by atomic mass is 9.85. The maximum absolute atomic E-state index is 13.8. The zero-order valence-electron chi connectivity index (χ0n) is 18.1. The summed E-state index contributed by atoms with van der Waals surface area (Å²) in [6, 6.07) is 5.36. The Morgan fingerprint density at radius 1 is 1.34 bits per heavy atom. The number of rotatable bonds is 8. The van der Waals surface area contributed by atoms with E-state index in [-0.39, 0.29) is 36.3 Å². The molecule has 2 atom stereocenters. The Bertz CT molecular complexity index is 693. The molecule has 0 aromatic heterocycles. The molecule has 162 valence electrons. The molecule has 6 nitrogen and oxygen atoms in total. The van der Waals surface area contributed by atoms with E-state index in [2.05, 4.69) is 20.9 Å². The van der Waals surface area contributed by atoms with Gasteiger partial charge in [0.2, 0.25) is 5.91 Å². The molecular formula is C22H35FN4O2. The number of guanidine groups is 1. The molecule has 1 aliphatic carbocycles. The van der Waals surface area contributed by atoms with Crippen LogP contribution in [0.25, 0.3) is 0 Å². The van der Waals surface area contributed by atoms with Crippen molar-refractivity contribution in [2.45, 2.75) is 71.7 Å². The monoisotopic (exact) mass is 406 g/mol. The maximum Gasteiger partial charge on any atom is 0.223 e. The van der Waals surface area contributed by atoms with Crippen molar-refractivity contribution < 1.29 is 13.9 Å². The fourth-order valence-electron chi connectivity index (χ4n) is 3.64. The second-order valence-electron chi connectivity index (χ2n) is 7.92. The number of benzene rings is 1. The summed E-state index contributed by atoms with van der Waals surface area (Å²) >= 11 is 0. The lowest BCUT2D eigenvalue weighted by Gasteiger charge is -2.30. The fourth-order valence-corrected chi connectivity index (χ4v) is 3.64. The molecule has 7 heteroatoms. The van der Waals surface area contributed by atoms with E-state index in [9.17, 15) is 9.18 Å². The van der Waals surface area contributed by atoms with Crippen LogP contribution in [-0.4, -0.2) is 37.6 Å². The highest BCUT2D eigenvalue weighted by Gasteiger charge is 2.28. The van der Waals surface area contributed by atoms with E-state index in [4.69, 9.17) is 4.74 Å². The highest BCUT2D eigenvalue weighted by Crippen LogP contribution is 2.24. The number of hydrogen-bond acceptors (Lipinski definition) is 3. The van der Waals surface area contributed by atoms with Crippen molar-refractivity contribution in [2.75, 3.05) is 13.7 Å². The molecule has 0 heterocycles. The van der Waals surface area contributed by atoms with Gasteiger partial charge in [0.1, 0.15) is 5.82 Å². The van der Waals surface area contributed by atoms with Crippen molar-refractivity contribution in [1.29, 1.82) is 0 Å². The van der Waals surface area contributed by atoms with Gasteiger partial charge in [-0.05, 0) is 57.7 Å². The Kier molecular flexibility index (Phi) is 9.38. The van der Waals surface area contributed by atoms with Gasteiger partial charge in [0.05, 0.1) is 13.2 Å². The normalized spacial score (nSPS) is 19.9. The molecule has 1 aliphatic rings. The first-order valence-electron chi connectivity index (χ1n) is 10.5. The van der Waals surface area contributed by atoms with E-state index in [0.717, 1.165) is 43.8 Å². The molecule has 0 bridgehead atoms. The summed E-state index contributed by atoms with van der Waals surface area (Å²) in [5, 5.41) is 9.77. The quantitative estimate of drug-likeness (QED) is 0.458. The zero-order valence-corrected chi connectivity index (χ0v) is 18.1. The molecule has 0 saturated heterocycles. The predicted octanol–water partition coefficient (Wildman–Crippen LogP) is 3.11. The number of carbonyl (C=O) groups is 1. The third-order valence-electron chi connectivity index (χ3n) is 4.99. The standard InChI is InChI=1S/C22H35FN4O2/c1-5-24-22(25-13-16-9-10-20(23)18(11-16)14-29-4)27-19-8-6-7-17(12-19)21(28)26-15(2)3/h9-11,15,17,19H,5-8,12-14H2,1-4H3,(H,26,28)(H2,24,25,27). The van der Waals surface area contributed by atoms with Crippen LogP contribution in [0.5, 0.6) is 0 Å². The SMILES string of the molecule is CCNC(=NCc1ccc(F)c(COC)c1)NC1CCCC(C(=O)NC(C)C)C1. The molecule has 0 aliphatic heterocycles. The Labute approximate surface area is 173 Å². The van der Waals surface area contributed by atoms with Crippen LogP contribution in [0.4, 0.5) is 4.39 Å². The summed E-state index contributed by atoms with van der Waals surface area (Å²) in [5.74, 6) is 0.642. The van der Waals surface area contributed by atoms with E-state index in [1.54, 1.807) is 19.2 Å². The minimum atomic E-state index is -0.266. The molecule has 1 saturated carbocycles. The molecule has 1 amide bonds. The minimum absolute atomic E-state index is 0.0419. The van der Waals surface area contributed by atoms with Crippen LogP contribution in [0.2, 0.25) is 0 Å². The largest absolute Gasteiger partial charge is 0.380 e. The van der Waals surface area contributed by atoms with Crippen LogP contribution >= 0.6 is 0 Å². The second-order valence-corrected chi connectivity index (χ2v) is 7.92. The lowest BCUT2D eigenvalue weighted by Crippen LogP contribution is -2.47. The first kappa shape index (κ1) is 23.1. The number of nitrogens with zero attached hydrogens (tertiary/aromatic N) is 1. The number of ether oxygens (including phenoxy) is 1. The number of halogens is 1. The van der Waals surface area contributed by atoms with E-state index in [1.165, 1.54) is 6.07 Å². The first-order chi connectivity index (χ1) is 13.9. The Hall–Kier alpha value is -2.15. The predicted molar refractivity (Wildman–Crippen MR) is 114 cm³/mol. The summed E-state index contributed by atoms with van der Waals surface area (Å²) in [6.07, 6.45) is 3.77. The Balaban J connectivity index is 2.00. The van der Waals surface area contributed by atoms with Gasteiger partial charge in [0.15, 0.2) is 5.96 Å². The number of aliphatic imine (C=N–C) groups is 1. The van der Waals surface area contributed by atoms with Gasteiger partial charge < -0.3 is 20.7 Å². The molecule has 1 fully saturated rings. The van der Waals surface area contributed by atoms with Gasteiger partial charge in [-0.2, -0.15) is 0 Å². The smallest absolute Gasteiger partial charge is 0.223 e. The van der Waals surface area contributed by atoms with Crippen molar-refractivity contribution >= 4 is 11.9 Å². The van der Waals surface area contributed by atoms with Gasteiger partial charge in [-0.3, -0.25) is 4.79 Å². The van der Waals surface area contributed by atoms with Crippen molar-refractivity contribution in [1.82, 2.24) is 16.0 Å². The van der Waals surface area contributed by atoms with Crippen molar-refractivity contribution in [3.05, 3.63) is 35.1 Å². The molecule has 29 heavy (non-hydrogen) atoms. The van der Waals surface area contributed by atoms with E-state index < -0.39 is 0 Å². The van der Waals surface area contributed by atoms with Crippen molar-refractivity contribution in [3.8, 4) is 0 Å². The van der Waals surface area contributed by atoms with E-state index in [0.29, 0.717) is 12.1 Å². The summed E-state index contributed by atoms with van der Waals surface area (Å²) < 4.78 is 18.8. The average Bonchev–Trinajstić information content (AvgIpc) is 2.68. The molecule has 2 rings (SSSR count). The number of amides is 1. The van der Waals surface area contributed by atoms with Crippen LogP contribution in [0, 0.1) is 11.7 Å². The van der Waals surface area contributed by atoms with E-state index >= 15 is 0 Å². The summed E-state index contributed by atoms with van der Waals surface area (Å²) in [5.41, 5.74) is 1.46. The maximum atomic E-state index is 13.8. The molecule has 3 N–H and O–H groups in total. The van der Waals surface area contributed by atoms with Gasteiger partial charge in [0.25, 0.3) is 0 Å². The molecule has 1 aromatic carbocycles. The van der Waals surface area contributed by atoms with Crippen LogP contribution in [-0.2, 0) is 22.7 Å². The molecule has 1 aromatic rings. The highest BCUT2D eigenvalue weighted by atomic mass is 19.1. The second kappa shape index (κ2) is 11.8. The average molecular weight is 407 g/mol. The summed E-state index contributed by atoms with van der Waals surface area (Å²) in [6.45, 7) is 7.42. The Morgan fingerprint density at radius 3 is 2.83 bits per heavy atom. The number of hydrogen-bond donors (Lipinski definition) is 3. The van der Waals surface area contributed by atoms with Gasteiger partial charge in [-0.1, -0.05) is 12.5 Å². The zero-order chi connectivity index (χ0) is 21.2. The third-order valence-corrected chi connectivity index (χ3v) is 4.99. The molecule has 2 unspecified atom stereocenters. The van der Waals surface area contributed by atoms with Crippen molar-refractivity contribution in [3.63, 3.8) is 0 Å². The van der Waals surface area contributed by atoms with Gasteiger partial charge >= 0.3 is 0 Å². The van der Waals surface area contributed by atoms with Crippen LogP contribution in [0.15, 0.2) is 23.2 Å². The van der Waals surface area contributed by atoms with Crippen LogP contribution < -0.4 is 16.0 Å². The first-order valence-corrected chi connectivity index (χ1v) is 10.5.